The highest BCUT2D eigenvalue weighted by Crippen LogP contribution is 2.20. The molecule has 1 rings (SSSR count). The fraction of sp³-hybridized carbons (Fsp3) is 0.625. The van der Waals surface area contributed by atoms with Crippen molar-refractivity contribution in [2.75, 3.05) is 27.7 Å². The van der Waals surface area contributed by atoms with Gasteiger partial charge in [0.05, 0.1) is 7.11 Å². The molecule has 1 aromatic rings. The molecule has 0 aliphatic rings. The summed E-state index contributed by atoms with van der Waals surface area (Å²) in [7, 11) is 5.60. The topological polar surface area (TPSA) is 24.5 Å². The smallest absolute Gasteiger partial charge is 0.169 e. The van der Waals surface area contributed by atoms with E-state index in [-0.39, 0.29) is 5.82 Å². The van der Waals surface area contributed by atoms with Crippen LogP contribution in [0.3, 0.4) is 0 Å². The highest BCUT2D eigenvalue weighted by atomic mass is 19.1. The number of methoxy groups -OCH3 is 1. The third-order valence-electron chi connectivity index (χ3n) is 3.19. The zero-order valence-corrected chi connectivity index (χ0v) is 13.2. The van der Waals surface area contributed by atoms with Gasteiger partial charge in [-0.15, -0.1) is 0 Å². The molecule has 0 heterocycles. The lowest BCUT2D eigenvalue weighted by Crippen LogP contribution is -2.39. The lowest BCUT2D eigenvalue weighted by molar-refractivity contribution is 0.303. The Morgan fingerprint density at radius 2 is 2.00 bits per heavy atom. The average Bonchev–Trinajstić information content (AvgIpc) is 2.36. The van der Waals surface area contributed by atoms with Gasteiger partial charge >= 0.3 is 0 Å². The van der Waals surface area contributed by atoms with Crippen LogP contribution in [0, 0.1) is 11.7 Å². The molecule has 3 nitrogen and oxygen atoms in total. The van der Waals surface area contributed by atoms with Crippen LogP contribution in [0.4, 0.5) is 4.39 Å². The van der Waals surface area contributed by atoms with Crippen LogP contribution in [0.15, 0.2) is 18.2 Å². The van der Waals surface area contributed by atoms with Crippen molar-refractivity contribution in [3.8, 4) is 5.75 Å². The largest absolute Gasteiger partial charge is 0.494 e. The summed E-state index contributed by atoms with van der Waals surface area (Å²) >= 11 is 0. The van der Waals surface area contributed by atoms with E-state index < -0.39 is 0 Å². The van der Waals surface area contributed by atoms with Crippen molar-refractivity contribution in [2.45, 2.75) is 32.9 Å². The van der Waals surface area contributed by atoms with Crippen molar-refractivity contribution < 1.29 is 9.13 Å². The molecular formula is C16H27FN2O. The van der Waals surface area contributed by atoms with E-state index in [0.29, 0.717) is 29.8 Å². The molecule has 0 radical (unpaired) electrons. The van der Waals surface area contributed by atoms with E-state index in [9.17, 15) is 4.39 Å². The molecule has 114 valence electrons. The maximum Gasteiger partial charge on any atom is 0.169 e. The van der Waals surface area contributed by atoms with Gasteiger partial charge in [-0.1, -0.05) is 26.0 Å². The van der Waals surface area contributed by atoms with Gasteiger partial charge in [0.25, 0.3) is 0 Å². The van der Waals surface area contributed by atoms with Crippen LogP contribution in [-0.4, -0.2) is 38.7 Å². The van der Waals surface area contributed by atoms with E-state index in [1.54, 1.807) is 12.1 Å². The van der Waals surface area contributed by atoms with Crippen molar-refractivity contribution in [1.29, 1.82) is 0 Å². The first-order valence-corrected chi connectivity index (χ1v) is 7.13. The minimum absolute atomic E-state index is 0.268. The van der Waals surface area contributed by atoms with Crippen LogP contribution in [-0.2, 0) is 6.54 Å². The molecule has 1 N–H and O–H groups in total. The minimum Gasteiger partial charge on any atom is -0.494 e. The molecule has 0 spiro atoms. The number of likely N-dealkylation sites (N-methyl/N-ethyl adjacent to an activating group) is 1. The second-order valence-electron chi connectivity index (χ2n) is 5.90. The normalized spacial score (nSPS) is 13.0. The molecule has 0 saturated carbocycles. The first-order valence-electron chi connectivity index (χ1n) is 7.13. The maximum atomic E-state index is 14.1. The maximum absolute atomic E-state index is 14.1. The van der Waals surface area contributed by atoms with E-state index in [1.165, 1.54) is 7.11 Å². The Morgan fingerprint density at radius 1 is 1.30 bits per heavy atom. The van der Waals surface area contributed by atoms with Gasteiger partial charge in [0, 0.05) is 24.7 Å². The minimum atomic E-state index is -0.268. The Bertz CT molecular complexity index is 397. The molecule has 1 aromatic carbocycles. The number of rotatable bonds is 8. The quantitative estimate of drug-likeness (QED) is 0.793. The summed E-state index contributed by atoms with van der Waals surface area (Å²) in [5.74, 6) is 0.649. The van der Waals surface area contributed by atoms with Crippen LogP contribution in [0.2, 0.25) is 0 Å². The molecule has 0 aromatic heterocycles. The Balaban J connectivity index is 2.66. The fourth-order valence-electron chi connectivity index (χ4n) is 2.34. The molecule has 0 aliphatic carbocycles. The number of hydrogen-bond donors (Lipinski definition) is 1. The van der Waals surface area contributed by atoms with Gasteiger partial charge in [0.2, 0.25) is 0 Å². The van der Waals surface area contributed by atoms with Crippen LogP contribution < -0.4 is 10.1 Å². The molecule has 0 saturated heterocycles. The van der Waals surface area contributed by atoms with Crippen LogP contribution >= 0.6 is 0 Å². The van der Waals surface area contributed by atoms with Crippen molar-refractivity contribution in [2.24, 2.45) is 5.92 Å². The van der Waals surface area contributed by atoms with Gasteiger partial charge < -0.3 is 15.0 Å². The first-order chi connectivity index (χ1) is 9.43. The average molecular weight is 282 g/mol. The molecule has 0 bridgehead atoms. The standard InChI is InChI=1S/C16H27FN2O/c1-12(2)9-14(11-19(3)4)18-10-13-7-6-8-15(20-5)16(13)17/h6-8,12,14,18H,9-11H2,1-5H3. The third kappa shape index (κ3) is 5.47. The predicted molar refractivity (Wildman–Crippen MR) is 81.6 cm³/mol. The summed E-state index contributed by atoms with van der Waals surface area (Å²) in [4.78, 5) is 2.15. The number of nitrogens with zero attached hydrogens (tertiary/aromatic N) is 1. The molecule has 0 amide bonds. The third-order valence-corrected chi connectivity index (χ3v) is 3.19. The molecule has 0 aliphatic heterocycles. The van der Waals surface area contributed by atoms with Gasteiger partial charge in [-0.05, 0) is 32.5 Å². The second kappa shape index (κ2) is 8.22. The van der Waals surface area contributed by atoms with E-state index in [1.807, 2.05) is 6.07 Å². The highest BCUT2D eigenvalue weighted by molar-refractivity contribution is 5.30. The fourth-order valence-corrected chi connectivity index (χ4v) is 2.34. The Kier molecular flexibility index (Phi) is 6.96. The van der Waals surface area contributed by atoms with Gasteiger partial charge in [-0.25, -0.2) is 4.39 Å². The Morgan fingerprint density at radius 3 is 2.55 bits per heavy atom. The van der Waals surface area contributed by atoms with Crippen LogP contribution in [0.1, 0.15) is 25.8 Å². The SMILES string of the molecule is COc1cccc(CNC(CC(C)C)CN(C)C)c1F. The summed E-state index contributed by atoms with van der Waals surface area (Å²) in [5, 5.41) is 3.45. The number of halogens is 1. The van der Waals surface area contributed by atoms with Gasteiger partial charge in [0.1, 0.15) is 0 Å². The molecule has 0 fully saturated rings. The van der Waals surface area contributed by atoms with E-state index in [2.05, 4.69) is 38.2 Å². The first kappa shape index (κ1) is 16.9. The van der Waals surface area contributed by atoms with Crippen LogP contribution in [0.25, 0.3) is 0 Å². The zero-order valence-electron chi connectivity index (χ0n) is 13.2. The lowest BCUT2D eigenvalue weighted by atomic mass is 10.0. The number of benzene rings is 1. The van der Waals surface area contributed by atoms with Crippen molar-refractivity contribution >= 4 is 0 Å². The molecule has 4 heteroatoms. The summed E-state index contributed by atoms with van der Waals surface area (Å²) in [6.07, 6.45) is 1.07. The van der Waals surface area contributed by atoms with Gasteiger partial charge in [-0.2, -0.15) is 0 Å². The number of nitrogens with one attached hydrogen (secondary N) is 1. The number of hydrogen-bond acceptors (Lipinski definition) is 3. The predicted octanol–water partition coefficient (Wildman–Crippen LogP) is 2.90. The summed E-state index contributed by atoms with van der Waals surface area (Å²) in [6.45, 7) is 5.88. The van der Waals surface area contributed by atoms with Crippen LogP contribution in [0.5, 0.6) is 5.75 Å². The lowest BCUT2D eigenvalue weighted by Gasteiger charge is -2.24. The van der Waals surface area contributed by atoms with E-state index >= 15 is 0 Å². The monoisotopic (exact) mass is 282 g/mol. The molecule has 1 atom stereocenters. The van der Waals surface area contributed by atoms with Crippen molar-refractivity contribution in [3.63, 3.8) is 0 Å². The van der Waals surface area contributed by atoms with Gasteiger partial charge in [-0.3, -0.25) is 0 Å². The highest BCUT2D eigenvalue weighted by Gasteiger charge is 2.14. The molecular weight excluding hydrogens is 255 g/mol. The number of ether oxygens (including phenoxy) is 1. The van der Waals surface area contributed by atoms with E-state index in [4.69, 9.17) is 4.74 Å². The van der Waals surface area contributed by atoms with Crippen molar-refractivity contribution in [1.82, 2.24) is 10.2 Å². The Labute approximate surface area is 122 Å². The van der Waals surface area contributed by atoms with E-state index in [0.717, 1.165) is 13.0 Å². The summed E-state index contributed by atoms with van der Waals surface area (Å²) in [6, 6.07) is 5.62. The Hall–Kier alpha value is -1.13. The summed E-state index contributed by atoms with van der Waals surface area (Å²) < 4.78 is 19.1. The molecule has 20 heavy (non-hydrogen) atoms. The van der Waals surface area contributed by atoms with Crippen molar-refractivity contribution in [3.05, 3.63) is 29.6 Å². The van der Waals surface area contributed by atoms with Gasteiger partial charge in [0.15, 0.2) is 11.6 Å². The zero-order chi connectivity index (χ0) is 15.1. The summed E-state index contributed by atoms with van der Waals surface area (Å²) in [5.41, 5.74) is 0.650. The second-order valence-corrected chi connectivity index (χ2v) is 5.90. The molecule has 1 unspecified atom stereocenters.